The van der Waals surface area contributed by atoms with Gasteiger partial charge in [0.25, 0.3) is 5.91 Å². The summed E-state index contributed by atoms with van der Waals surface area (Å²) >= 11 is 0. The first-order valence-corrected chi connectivity index (χ1v) is 7.47. The number of halogens is 4. The van der Waals surface area contributed by atoms with Gasteiger partial charge < -0.3 is 10.1 Å². The van der Waals surface area contributed by atoms with Gasteiger partial charge in [0, 0.05) is 13.1 Å². The van der Waals surface area contributed by atoms with Crippen LogP contribution in [0.4, 0.5) is 17.6 Å². The van der Waals surface area contributed by atoms with Gasteiger partial charge in [-0.05, 0) is 29.8 Å². The zero-order valence-corrected chi connectivity index (χ0v) is 12.9. The molecule has 1 atom stereocenters. The standard InChI is InChI=1S/C17H14F4N2O2/c18-14-7-2-1-6-13(14)16(24)22-8-9-23(25)15(22)11-4-3-5-12(10-11)17(19,20)21/h1-7,10,15,25H,8-9H2. The monoisotopic (exact) mass is 354 g/mol. The van der Waals surface area contributed by atoms with Crippen molar-refractivity contribution in [3.8, 4) is 0 Å². The fourth-order valence-electron chi connectivity index (χ4n) is 2.85. The van der Waals surface area contributed by atoms with E-state index in [0.29, 0.717) is 0 Å². The molecule has 0 saturated carbocycles. The number of benzene rings is 2. The van der Waals surface area contributed by atoms with E-state index in [4.69, 9.17) is 0 Å². The van der Waals surface area contributed by atoms with Crippen LogP contribution >= 0.6 is 0 Å². The Kier molecular flexibility index (Phi) is 4.49. The predicted molar refractivity (Wildman–Crippen MR) is 80.1 cm³/mol. The number of amides is 1. The van der Waals surface area contributed by atoms with E-state index >= 15 is 0 Å². The highest BCUT2D eigenvalue weighted by Crippen LogP contribution is 2.35. The van der Waals surface area contributed by atoms with Gasteiger partial charge in [-0.25, -0.2) is 4.39 Å². The van der Waals surface area contributed by atoms with E-state index in [1.165, 1.54) is 30.3 Å². The normalized spacial score (nSPS) is 18.6. The van der Waals surface area contributed by atoms with Gasteiger partial charge in [0.05, 0.1) is 11.1 Å². The molecule has 1 N–H and O–H groups in total. The molecule has 0 bridgehead atoms. The molecule has 132 valence electrons. The molecule has 2 aromatic carbocycles. The molecule has 1 fully saturated rings. The highest BCUT2D eigenvalue weighted by molar-refractivity contribution is 5.94. The van der Waals surface area contributed by atoms with Crippen molar-refractivity contribution in [2.24, 2.45) is 0 Å². The van der Waals surface area contributed by atoms with Crippen LogP contribution in [-0.2, 0) is 6.18 Å². The van der Waals surface area contributed by atoms with Crippen LogP contribution in [0.3, 0.4) is 0 Å². The maximum atomic E-state index is 13.9. The first-order chi connectivity index (χ1) is 11.8. The number of hydrogen-bond acceptors (Lipinski definition) is 3. The third kappa shape index (κ3) is 3.35. The Morgan fingerprint density at radius 1 is 1.08 bits per heavy atom. The lowest BCUT2D eigenvalue weighted by molar-refractivity contribution is -0.138. The summed E-state index contributed by atoms with van der Waals surface area (Å²) < 4.78 is 52.6. The summed E-state index contributed by atoms with van der Waals surface area (Å²) in [6.45, 7) is 0.103. The minimum absolute atomic E-state index is 0.0428. The minimum Gasteiger partial charge on any atom is -0.315 e. The molecular formula is C17H14F4N2O2. The molecule has 8 heteroatoms. The summed E-state index contributed by atoms with van der Waals surface area (Å²) in [5.74, 6) is -1.43. The fraction of sp³-hybridized carbons (Fsp3) is 0.235. The number of rotatable bonds is 2. The van der Waals surface area contributed by atoms with E-state index in [0.717, 1.165) is 28.2 Å². The molecular weight excluding hydrogens is 340 g/mol. The van der Waals surface area contributed by atoms with Crippen molar-refractivity contribution in [1.29, 1.82) is 0 Å². The van der Waals surface area contributed by atoms with E-state index in [2.05, 4.69) is 0 Å². The SMILES string of the molecule is O=C(c1ccccc1F)N1CCN(O)C1c1cccc(C(F)(F)F)c1. The van der Waals surface area contributed by atoms with Gasteiger partial charge in [-0.3, -0.25) is 4.79 Å². The Hall–Kier alpha value is -2.45. The number of carbonyl (C=O) groups is 1. The quantitative estimate of drug-likeness (QED) is 0.837. The molecule has 3 rings (SSSR count). The van der Waals surface area contributed by atoms with E-state index in [1.54, 1.807) is 0 Å². The molecule has 1 aliphatic rings. The smallest absolute Gasteiger partial charge is 0.315 e. The van der Waals surface area contributed by atoms with Crippen molar-refractivity contribution in [1.82, 2.24) is 9.96 Å². The lowest BCUT2D eigenvalue weighted by Gasteiger charge is -2.28. The van der Waals surface area contributed by atoms with Gasteiger partial charge in [0.1, 0.15) is 12.0 Å². The molecule has 0 aliphatic carbocycles. The van der Waals surface area contributed by atoms with Crippen LogP contribution < -0.4 is 0 Å². The van der Waals surface area contributed by atoms with Crippen molar-refractivity contribution in [2.75, 3.05) is 13.1 Å². The van der Waals surface area contributed by atoms with Crippen molar-refractivity contribution < 1.29 is 27.6 Å². The summed E-state index contributed by atoms with van der Waals surface area (Å²) in [4.78, 5) is 13.8. The number of carbonyl (C=O) groups excluding carboxylic acids is 1. The maximum Gasteiger partial charge on any atom is 0.416 e. The van der Waals surface area contributed by atoms with Gasteiger partial charge in [0.2, 0.25) is 0 Å². The average Bonchev–Trinajstić information content (AvgIpc) is 2.95. The maximum absolute atomic E-state index is 13.9. The molecule has 1 unspecified atom stereocenters. The molecule has 1 amide bonds. The molecule has 1 aliphatic heterocycles. The van der Waals surface area contributed by atoms with Gasteiger partial charge in [-0.1, -0.05) is 24.3 Å². The van der Waals surface area contributed by atoms with Gasteiger partial charge in [-0.2, -0.15) is 18.2 Å². The average molecular weight is 354 g/mol. The Bertz CT molecular complexity index is 794. The highest BCUT2D eigenvalue weighted by Gasteiger charge is 2.38. The van der Waals surface area contributed by atoms with Crippen LogP contribution in [0.25, 0.3) is 0 Å². The van der Waals surface area contributed by atoms with Crippen LogP contribution in [0, 0.1) is 5.82 Å². The van der Waals surface area contributed by atoms with Crippen molar-refractivity contribution in [3.05, 3.63) is 71.0 Å². The summed E-state index contributed by atoms with van der Waals surface area (Å²) in [5, 5.41) is 10.8. The van der Waals surface area contributed by atoms with E-state index < -0.39 is 29.6 Å². The third-order valence-corrected chi connectivity index (χ3v) is 4.02. The van der Waals surface area contributed by atoms with Crippen molar-refractivity contribution in [3.63, 3.8) is 0 Å². The molecule has 0 radical (unpaired) electrons. The minimum atomic E-state index is -4.55. The van der Waals surface area contributed by atoms with Crippen LogP contribution in [-0.4, -0.2) is 34.2 Å². The Labute approximate surface area is 140 Å². The molecule has 2 aromatic rings. The van der Waals surface area contributed by atoms with Gasteiger partial charge in [-0.15, -0.1) is 0 Å². The Balaban J connectivity index is 1.97. The third-order valence-electron chi connectivity index (χ3n) is 4.02. The number of hydrogen-bond donors (Lipinski definition) is 1. The number of hydroxylamine groups is 2. The largest absolute Gasteiger partial charge is 0.416 e. The van der Waals surface area contributed by atoms with Crippen LogP contribution in [0.5, 0.6) is 0 Å². The molecule has 4 nitrogen and oxygen atoms in total. The number of alkyl halides is 3. The van der Waals surface area contributed by atoms with Gasteiger partial charge in [0.15, 0.2) is 0 Å². The Morgan fingerprint density at radius 2 is 1.80 bits per heavy atom. The first-order valence-electron chi connectivity index (χ1n) is 7.47. The summed E-state index contributed by atoms with van der Waals surface area (Å²) in [7, 11) is 0. The highest BCUT2D eigenvalue weighted by atomic mass is 19.4. The molecule has 0 spiro atoms. The summed E-state index contributed by atoms with van der Waals surface area (Å²) in [6, 6.07) is 9.71. The zero-order valence-electron chi connectivity index (χ0n) is 12.9. The molecule has 1 heterocycles. The van der Waals surface area contributed by atoms with Crippen LogP contribution in [0.15, 0.2) is 48.5 Å². The lowest BCUT2D eigenvalue weighted by atomic mass is 10.1. The zero-order chi connectivity index (χ0) is 18.2. The van der Waals surface area contributed by atoms with Crippen molar-refractivity contribution in [2.45, 2.75) is 12.3 Å². The first kappa shape index (κ1) is 17.4. The fourth-order valence-corrected chi connectivity index (χ4v) is 2.85. The Morgan fingerprint density at radius 3 is 2.48 bits per heavy atom. The summed E-state index contributed by atoms with van der Waals surface area (Å²) in [5.41, 5.74) is -0.988. The number of nitrogens with zero attached hydrogens (tertiary/aromatic N) is 2. The van der Waals surface area contributed by atoms with Crippen LogP contribution in [0.1, 0.15) is 27.7 Å². The predicted octanol–water partition coefficient (Wildman–Crippen LogP) is 3.69. The summed E-state index contributed by atoms with van der Waals surface area (Å²) in [6.07, 6.45) is -5.66. The second-order valence-corrected chi connectivity index (χ2v) is 5.64. The van der Waals surface area contributed by atoms with E-state index in [1.807, 2.05) is 0 Å². The topological polar surface area (TPSA) is 43.8 Å². The molecule has 25 heavy (non-hydrogen) atoms. The lowest BCUT2D eigenvalue weighted by Crippen LogP contribution is -2.34. The second kappa shape index (κ2) is 6.45. The van der Waals surface area contributed by atoms with Gasteiger partial charge >= 0.3 is 6.18 Å². The van der Waals surface area contributed by atoms with E-state index in [-0.39, 0.29) is 24.2 Å². The van der Waals surface area contributed by atoms with Crippen molar-refractivity contribution >= 4 is 5.91 Å². The second-order valence-electron chi connectivity index (χ2n) is 5.64. The molecule has 1 saturated heterocycles. The molecule has 0 aromatic heterocycles. The van der Waals surface area contributed by atoms with Crippen LogP contribution in [0.2, 0.25) is 0 Å². The van der Waals surface area contributed by atoms with E-state index in [9.17, 15) is 27.6 Å².